The Hall–Kier alpha value is -2.12. The van der Waals surface area contributed by atoms with Crippen molar-refractivity contribution >= 4 is 24.3 Å². The summed E-state index contributed by atoms with van der Waals surface area (Å²) in [5.74, 6) is -4.82. The molecule has 0 aliphatic carbocycles. The molecule has 0 aromatic heterocycles. The van der Waals surface area contributed by atoms with Crippen molar-refractivity contribution in [2.45, 2.75) is 12.5 Å². The Morgan fingerprint density at radius 2 is 2.07 bits per heavy atom. The molecule has 0 saturated heterocycles. The van der Waals surface area contributed by atoms with Crippen LogP contribution in [0.3, 0.4) is 0 Å². The maximum Gasteiger partial charge on any atom is 0.368 e. The summed E-state index contributed by atoms with van der Waals surface area (Å²) in [6.07, 6.45) is 0. The zero-order valence-corrected chi connectivity index (χ0v) is 7.85. The van der Waals surface area contributed by atoms with Crippen molar-refractivity contribution in [3.8, 4) is 0 Å². The molecule has 0 bridgehead atoms. The third-order valence-electron chi connectivity index (χ3n) is 1.53. The Morgan fingerprint density at radius 3 is 2.33 bits per heavy atom. The fraction of sp³-hybridized carbons (Fsp3) is 0.429. The molecule has 8 heteroatoms. The van der Waals surface area contributed by atoms with Gasteiger partial charge in [-0.2, -0.15) is 0 Å². The van der Waals surface area contributed by atoms with Gasteiger partial charge in [-0.05, 0) is 6.92 Å². The third kappa shape index (κ3) is 2.22. The summed E-state index contributed by atoms with van der Waals surface area (Å²) < 4.78 is 4.00. The van der Waals surface area contributed by atoms with Gasteiger partial charge in [-0.1, -0.05) is 0 Å². The Labute approximate surface area is 84.4 Å². The average molecular weight is 218 g/mol. The van der Waals surface area contributed by atoms with Gasteiger partial charge < -0.3 is 20.9 Å². The molecule has 0 rings (SSSR count). The molecular formula is C7H10N2O6. The van der Waals surface area contributed by atoms with Crippen LogP contribution in [0.15, 0.2) is 0 Å². The van der Waals surface area contributed by atoms with Gasteiger partial charge in [0.2, 0.25) is 0 Å². The largest absolute Gasteiger partial charge is 0.477 e. The first-order valence-electron chi connectivity index (χ1n) is 3.86. The van der Waals surface area contributed by atoms with Gasteiger partial charge in [-0.25, -0.2) is 4.79 Å². The highest BCUT2D eigenvalue weighted by atomic mass is 16.6. The fourth-order valence-corrected chi connectivity index (χ4v) is 0.834. The van der Waals surface area contributed by atoms with E-state index in [-0.39, 0.29) is 13.0 Å². The van der Waals surface area contributed by atoms with Gasteiger partial charge in [0, 0.05) is 6.54 Å². The van der Waals surface area contributed by atoms with Crippen molar-refractivity contribution in [3.63, 3.8) is 0 Å². The van der Waals surface area contributed by atoms with Crippen LogP contribution in [0.4, 0.5) is 0 Å². The van der Waals surface area contributed by atoms with Crippen LogP contribution in [0.5, 0.6) is 0 Å². The van der Waals surface area contributed by atoms with E-state index >= 15 is 0 Å². The smallest absolute Gasteiger partial charge is 0.368 e. The second-order valence-corrected chi connectivity index (χ2v) is 2.42. The van der Waals surface area contributed by atoms with E-state index in [1.54, 1.807) is 0 Å². The van der Waals surface area contributed by atoms with E-state index in [0.717, 1.165) is 0 Å². The highest BCUT2D eigenvalue weighted by Gasteiger charge is 2.55. The van der Waals surface area contributed by atoms with Crippen molar-refractivity contribution in [3.05, 3.63) is 0 Å². The quantitative estimate of drug-likeness (QED) is 0.336. The third-order valence-corrected chi connectivity index (χ3v) is 1.53. The van der Waals surface area contributed by atoms with E-state index in [2.05, 4.69) is 4.74 Å². The minimum absolute atomic E-state index is 0.0589. The van der Waals surface area contributed by atoms with Crippen molar-refractivity contribution in [1.29, 1.82) is 0 Å². The van der Waals surface area contributed by atoms with Crippen LogP contribution in [0.25, 0.3) is 0 Å². The predicted molar refractivity (Wildman–Crippen MR) is 45.4 cm³/mol. The molecule has 4 N–H and O–H groups in total. The van der Waals surface area contributed by atoms with Crippen LogP contribution in [0.1, 0.15) is 6.92 Å². The summed E-state index contributed by atoms with van der Waals surface area (Å²) in [5, 5.41) is 10.7. The van der Waals surface area contributed by atoms with Crippen LogP contribution >= 0.6 is 0 Å². The van der Waals surface area contributed by atoms with Gasteiger partial charge >= 0.3 is 11.6 Å². The molecule has 84 valence electrons. The number of primary amides is 1. The van der Waals surface area contributed by atoms with Crippen LogP contribution in [0, 0.1) is 0 Å². The number of likely N-dealkylation sites (N-methyl/N-ethyl adjacent to an activating group) is 1. The molecule has 8 nitrogen and oxygen atoms in total. The summed E-state index contributed by atoms with van der Waals surface area (Å²) in [6.45, 7) is 1.23. The van der Waals surface area contributed by atoms with Gasteiger partial charge in [-0.15, -0.1) is 0 Å². The highest BCUT2D eigenvalue weighted by molar-refractivity contribution is 6.24. The number of carboxylic acids is 1. The maximum atomic E-state index is 11.3. The Bertz CT molecular complexity index is 286. The normalized spacial score (nSPS) is 13.4. The van der Waals surface area contributed by atoms with Crippen LogP contribution in [0.2, 0.25) is 0 Å². The van der Waals surface area contributed by atoms with Gasteiger partial charge in [-0.3, -0.25) is 14.4 Å². The van der Waals surface area contributed by atoms with Crippen molar-refractivity contribution in [1.82, 2.24) is 5.32 Å². The molecule has 0 radical (unpaired) electrons. The van der Waals surface area contributed by atoms with Gasteiger partial charge in [0.15, 0.2) is 0 Å². The van der Waals surface area contributed by atoms with Gasteiger partial charge in [0.25, 0.3) is 18.3 Å². The standard InChI is InChI=1S/C7H10N2O6/c1-2-9-5(12)7(4(8)11,6(13)14)15-3-10/h3H,2H2,1H3,(H2,8,11)(H,9,12)(H,13,14). The zero-order valence-electron chi connectivity index (χ0n) is 7.85. The lowest BCUT2D eigenvalue weighted by Gasteiger charge is -2.22. The highest BCUT2D eigenvalue weighted by Crippen LogP contribution is 2.10. The monoisotopic (exact) mass is 218 g/mol. The summed E-state index contributed by atoms with van der Waals surface area (Å²) in [6, 6.07) is 0. The molecule has 1 unspecified atom stereocenters. The maximum absolute atomic E-state index is 11.3. The van der Waals surface area contributed by atoms with Crippen LogP contribution in [-0.4, -0.2) is 41.5 Å². The first kappa shape index (κ1) is 12.9. The summed E-state index contributed by atoms with van der Waals surface area (Å²) in [4.78, 5) is 42.9. The molecule has 0 aromatic rings. The first-order chi connectivity index (χ1) is 6.93. The fourth-order valence-electron chi connectivity index (χ4n) is 0.834. The second-order valence-electron chi connectivity index (χ2n) is 2.42. The van der Waals surface area contributed by atoms with Gasteiger partial charge in [0.1, 0.15) is 0 Å². The summed E-state index contributed by atoms with van der Waals surface area (Å²) in [7, 11) is 0. The lowest BCUT2D eigenvalue weighted by Crippen LogP contribution is -2.62. The molecule has 0 aliphatic rings. The zero-order chi connectivity index (χ0) is 12.1. The molecule has 0 saturated carbocycles. The number of nitrogens with two attached hydrogens (primary N) is 1. The number of nitrogens with one attached hydrogen (secondary N) is 1. The number of aliphatic carboxylic acids is 1. The van der Waals surface area contributed by atoms with Crippen LogP contribution in [-0.2, 0) is 23.9 Å². The summed E-state index contributed by atoms with van der Waals surface area (Å²) >= 11 is 0. The lowest BCUT2D eigenvalue weighted by molar-refractivity contribution is -0.179. The van der Waals surface area contributed by atoms with E-state index in [9.17, 15) is 19.2 Å². The van der Waals surface area contributed by atoms with Crippen molar-refractivity contribution < 1.29 is 29.0 Å². The van der Waals surface area contributed by atoms with Crippen molar-refractivity contribution in [2.24, 2.45) is 5.73 Å². The second kappa shape index (κ2) is 4.94. The van der Waals surface area contributed by atoms with E-state index in [1.807, 2.05) is 5.32 Å². The minimum Gasteiger partial charge on any atom is -0.477 e. The predicted octanol–water partition coefficient (Wildman–Crippen LogP) is -2.40. The van der Waals surface area contributed by atoms with E-state index in [1.165, 1.54) is 6.92 Å². The number of ether oxygens (including phenoxy) is 1. The molecule has 15 heavy (non-hydrogen) atoms. The number of carboxylic acid groups (broad SMARTS) is 1. The number of hydrogen-bond acceptors (Lipinski definition) is 5. The first-order valence-corrected chi connectivity index (χ1v) is 3.86. The van der Waals surface area contributed by atoms with Crippen molar-refractivity contribution in [2.75, 3.05) is 6.54 Å². The lowest BCUT2D eigenvalue weighted by atomic mass is 10.0. The van der Waals surface area contributed by atoms with E-state index in [0.29, 0.717) is 0 Å². The minimum atomic E-state index is -3.00. The molecule has 2 amide bonds. The van der Waals surface area contributed by atoms with Gasteiger partial charge in [0.05, 0.1) is 0 Å². The molecule has 0 spiro atoms. The number of rotatable bonds is 6. The number of hydrogen-bond donors (Lipinski definition) is 3. The topological polar surface area (TPSA) is 136 Å². The Balaban J connectivity index is 5.30. The molecule has 0 aliphatic heterocycles. The summed E-state index contributed by atoms with van der Waals surface area (Å²) in [5.41, 5.74) is 1.72. The number of carbonyl (C=O) groups excluding carboxylic acids is 3. The Kier molecular flexibility index (Phi) is 4.24. The number of amides is 2. The molecule has 0 fully saturated rings. The average Bonchev–Trinajstić information content (AvgIpc) is 2.13. The van der Waals surface area contributed by atoms with E-state index < -0.39 is 23.4 Å². The molecule has 0 aromatic carbocycles. The molecular weight excluding hydrogens is 208 g/mol. The SMILES string of the molecule is CCNC(=O)C(OC=O)(C(N)=O)C(=O)O. The molecule has 1 atom stereocenters. The van der Waals surface area contributed by atoms with E-state index in [4.69, 9.17) is 10.8 Å². The molecule has 0 heterocycles. The van der Waals surface area contributed by atoms with Crippen LogP contribution < -0.4 is 11.1 Å². The Morgan fingerprint density at radius 1 is 1.53 bits per heavy atom. The number of carbonyl (C=O) groups is 4.